The Bertz CT molecular complexity index is 427. The lowest BCUT2D eigenvalue weighted by molar-refractivity contribution is -0.116. The first-order valence-corrected chi connectivity index (χ1v) is 6.00. The number of hydrogen-bond donors (Lipinski definition) is 2. The van der Waals surface area contributed by atoms with Crippen molar-refractivity contribution >= 4 is 11.6 Å². The Morgan fingerprint density at radius 2 is 2.16 bits per heavy atom. The molecule has 1 aromatic carbocycles. The molecule has 1 atom stereocenters. The third kappa shape index (κ3) is 5.76. The van der Waals surface area contributed by atoms with E-state index in [-0.39, 0.29) is 24.1 Å². The highest BCUT2D eigenvalue weighted by Crippen LogP contribution is 2.15. The summed E-state index contributed by atoms with van der Waals surface area (Å²) in [6, 6.07) is 3.06. The zero-order valence-corrected chi connectivity index (χ0v) is 11.0. The van der Waals surface area contributed by atoms with Gasteiger partial charge in [-0.1, -0.05) is 0 Å². The molecule has 0 bridgehead atoms. The summed E-state index contributed by atoms with van der Waals surface area (Å²) in [7, 11) is 1.59. The second-order valence-electron chi connectivity index (χ2n) is 4.23. The van der Waals surface area contributed by atoms with Crippen molar-refractivity contribution in [3.8, 4) is 0 Å². The fourth-order valence-corrected chi connectivity index (χ4v) is 1.55. The molecule has 19 heavy (non-hydrogen) atoms. The lowest BCUT2D eigenvalue weighted by Gasteiger charge is -2.12. The number of carbonyl (C=O) groups is 1. The van der Waals surface area contributed by atoms with Crippen LogP contribution in [0.15, 0.2) is 18.2 Å². The third-order valence-electron chi connectivity index (χ3n) is 2.46. The van der Waals surface area contributed by atoms with Crippen molar-refractivity contribution in [2.45, 2.75) is 19.4 Å². The second-order valence-corrected chi connectivity index (χ2v) is 4.23. The van der Waals surface area contributed by atoms with Gasteiger partial charge in [-0.25, -0.2) is 8.78 Å². The van der Waals surface area contributed by atoms with Crippen molar-refractivity contribution in [1.29, 1.82) is 0 Å². The molecule has 0 saturated carbocycles. The molecule has 4 nitrogen and oxygen atoms in total. The van der Waals surface area contributed by atoms with Crippen molar-refractivity contribution in [1.82, 2.24) is 5.32 Å². The van der Waals surface area contributed by atoms with Gasteiger partial charge in [0.25, 0.3) is 0 Å². The Kier molecular flexibility index (Phi) is 6.38. The minimum atomic E-state index is -0.657. The Balaban J connectivity index is 2.37. The first-order valence-electron chi connectivity index (χ1n) is 6.00. The highest BCUT2D eigenvalue weighted by Gasteiger charge is 2.08. The summed E-state index contributed by atoms with van der Waals surface area (Å²) < 4.78 is 31.1. The zero-order chi connectivity index (χ0) is 14.3. The average molecular weight is 272 g/mol. The predicted octanol–water partition coefficient (Wildman–Crippen LogP) is 1.92. The zero-order valence-electron chi connectivity index (χ0n) is 11.0. The van der Waals surface area contributed by atoms with Crippen molar-refractivity contribution < 1.29 is 18.3 Å². The minimum Gasteiger partial charge on any atom is -0.383 e. The van der Waals surface area contributed by atoms with Gasteiger partial charge in [-0.15, -0.1) is 0 Å². The van der Waals surface area contributed by atoms with Crippen molar-refractivity contribution in [2.75, 3.05) is 25.6 Å². The molecule has 6 heteroatoms. The molecule has 0 aliphatic carbocycles. The molecule has 0 spiro atoms. The van der Waals surface area contributed by atoms with E-state index in [0.29, 0.717) is 13.2 Å². The van der Waals surface area contributed by atoms with Gasteiger partial charge >= 0.3 is 0 Å². The largest absolute Gasteiger partial charge is 0.383 e. The number of hydrogen-bond acceptors (Lipinski definition) is 3. The van der Waals surface area contributed by atoms with Gasteiger partial charge < -0.3 is 15.4 Å². The lowest BCUT2D eigenvalue weighted by Crippen LogP contribution is -2.32. The maximum Gasteiger partial charge on any atom is 0.225 e. The molecule has 2 N–H and O–H groups in total. The molecule has 0 unspecified atom stereocenters. The minimum absolute atomic E-state index is 0.128. The summed E-state index contributed by atoms with van der Waals surface area (Å²) in [6.07, 6.45) is 0.171. The fraction of sp³-hybridized carbons (Fsp3) is 0.462. The fourth-order valence-electron chi connectivity index (χ4n) is 1.55. The number of halogens is 2. The Hall–Kier alpha value is -1.53. The normalized spacial score (nSPS) is 12.2. The highest BCUT2D eigenvalue weighted by molar-refractivity contribution is 5.90. The number of amides is 1. The van der Waals surface area contributed by atoms with Crippen molar-refractivity contribution in [2.24, 2.45) is 0 Å². The van der Waals surface area contributed by atoms with Gasteiger partial charge in [0.2, 0.25) is 5.91 Å². The summed E-state index contributed by atoms with van der Waals surface area (Å²) in [6.45, 7) is 2.90. The second kappa shape index (κ2) is 7.81. The molecule has 0 radical (unpaired) electrons. The van der Waals surface area contributed by atoms with Crippen LogP contribution in [0.2, 0.25) is 0 Å². The van der Waals surface area contributed by atoms with Crippen LogP contribution < -0.4 is 10.6 Å². The molecule has 0 aliphatic rings. The van der Waals surface area contributed by atoms with Crippen LogP contribution in [0.25, 0.3) is 0 Å². The number of carbonyl (C=O) groups excluding carboxylic acids is 1. The van der Waals surface area contributed by atoms with Crippen LogP contribution in [0.3, 0.4) is 0 Å². The number of ether oxygens (including phenoxy) is 1. The molecule has 0 heterocycles. The summed E-state index contributed by atoms with van der Waals surface area (Å²) in [4.78, 5) is 11.5. The molecule has 0 aliphatic heterocycles. The third-order valence-corrected chi connectivity index (χ3v) is 2.46. The monoisotopic (exact) mass is 272 g/mol. The Labute approximate surface area is 111 Å². The smallest absolute Gasteiger partial charge is 0.225 e. The van der Waals surface area contributed by atoms with E-state index in [4.69, 9.17) is 4.74 Å². The van der Waals surface area contributed by atoms with Crippen LogP contribution in [0.4, 0.5) is 14.5 Å². The summed E-state index contributed by atoms with van der Waals surface area (Å²) in [5.41, 5.74) is -0.144. The first kappa shape index (κ1) is 15.5. The van der Waals surface area contributed by atoms with Crippen molar-refractivity contribution in [3.63, 3.8) is 0 Å². The number of methoxy groups -OCH3 is 1. The average Bonchev–Trinajstić information content (AvgIpc) is 2.34. The van der Waals surface area contributed by atoms with E-state index in [0.717, 1.165) is 18.2 Å². The van der Waals surface area contributed by atoms with Gasteiger partial charge in [0.15, 0.2) is 0 Å². The van der Waals surface area contributed by atoms with Crippen LogP contribution in [0, 0.1) is 11.6 Å². The standard InChI is InChI=1S/C13H18F2N2O2/c1-9(8-19-2)16-6-5-13(18)17-12-7-10(14)3-4-11(12)15/h3-4,7,9,16H,5-6,8H2,1-2H3,(H,17,18)/t9-/m1/s1. The Morgan fingerprint density at radius 1 is 1.42 bits per heavy atom. The van der Waals surface area contributed by atoms with E-state index >= 15 is 0 Å². The van der Waals surface area contributed by atoms with Gasteiger partial charge in [0.05, 0.1) is 12.3 Å². The molecule has 0 aromatic heterocycles. The van der Waals surface area contributed by atoms with Crippen LogP contribution >= 0.6 is 0 Å². The van der Waals surface area contributed by atoms with Crippen LogP contribution in [-0.2, 0) is 9.53 Å². The SMILES string of the molecule is COC[C@@H](C)NCCC(=O)Nc1cc(F)ccc1F. The van der Waals surface area contributed by atoms with Gasteiger partial charge in [-0.2, -0.15) is 0 Å². The molecular formula is C13H18F2N2O2. The molecule has 1 amide bonds. The van der Waals surface area contributed by atoms with Crippen LogP contribution in [-0.4, -0.2) is 32.2 Å². The molecular weight excluding hydrogens is 254 g/mol. The van der Waals surface area contributed by atoms with E-state index in [1.54, 1.807) is 7.11 Å². The van der Waals surface area contributed by atoms with Crippen LogP contribution in [0.1, 0.15) is 13.3 Å². The highest BCUT2D eigenvalue weighted by atomic mass is 19.1. The van der Waals surface area contributed by atoms with Gasteiger partial charge in [-0.3, -0.25) is 4.79 Å². The van der Waals surface area contributed by atoms with E-state index in [9.17, 15) is 13.6 Å². The predicted molar refractivity (Wildman–Crippen MR) is 68.9 cm³/mol. The maximum atomic E-state index is 13.3. The molecule has 1 rings (SSSR count). The summed E-state index contributed by atoms with van der Waals surface area (Å²) >= 11 is 0. The van der Waals surface area contributed by atoms with Crippen molar-refractivity contribution in [3.05, 3.63) is 29.8 Å². The summed E-state index contributed by atoms with van der Waals surface area (Å²) in [5, 5.41) is 5.40. The summed E-state index contributed by atoms with van der Waals surface area (Å²) in [5.74, 6) is -1.62. The number of nitrogens with one attached hydrogen (secondary N) is 2. The molecule has 0 fully saturated rings. The van der Waals surface area contributed by atoms with E-state index in [1.165, 1.54) is 0 Å². The van der Waals surface area contributed by atoms with Crippen LogP contribution in [0.5, 0.6) is 0 Å². The topological polar surface area (TPSA) is 50.4 Å². The molecule has 106 valence electrons. The van der Waals surface area contributed by atoms with Gasteiger partial charge in [-0.05, 0) is 19.1 Å². The Morgan fingerprint density at radius 3 is 2.84 bits per heavy atom. The molecule has 0 saturated heterocycles. The number of anilines is 1. The first-order chi connectivity index (χ1) is 9.02. The van der Waals surface area contributed by atoms with Gasteiger partial charge in [0, 0.05) is 32.2 Å². The van der Waals surface area contributed by atoms with Gasteiger partial charge in [0.1, 0.15) is 11.6 Å². The van der Waals surface area contributed by atoms with E-state index in [1.807, 2.05) is 6.92 Å². The maximum absolute atomic E-state index is 13.3. The van der Waals surface area contributed by atoms with E-state index < -0.39 is 11.6 Å². The lowest BCUT2D eigenvalue weighted by atomic mass is 10.2. The quantitative estimate of drug-likeness (QED) is 0.797. The van der Waals surface area contributed by atoms with E-state index in [2.05, 4.69) is 10.6 Å². The number of rotatable bonds is 7. The number of benzene rings is 1. The molecule has 1 aromatic rings.